The van der Waals surface area contributed by atoms with Crippen molar-refractivity contribution in [3.05, 3.63) is 89.3 Å². The van der Waals surface area contributed by atoms with Crippen LogP contribution in [-0.4, -0.2) is 26.5 Å². The molecule has 1 aliphatic heterocycles. The van der Waals surface area contributed by atoms with E-state index in [1.54, 1.807) is 0 Å². The van der Waals surface area contributed by atoms with Crippen molar-refractivity contribution in [1.82, 2.24) is 10.3 Å². The number of thioether (sulfide) groups is 1. The van der Waals surface area contributed by atoms with Gasteiger partial charge < -0.3 is 9.52 Å². The van der Waals surface area contributed by atoms with Gasteiger partial charge in [-0.3, -0.25) is 14.9 Å². The average molecular weight is 473 g/mol. The number of aryl methyl sites for hydroxylation is 2. The molecule has 34 heavy (non-hydrogen) atoms. The Balaban J connectivity index is 1.35. The number of rotatable bonds is 7. The zero-order chi connectivity index (χ0) is 23.7. The van der Waals surface area contributed by atoms with Crippen molar-refractivity contribution in [2.45, 2.75) is 37.5 Å². The Bertz CT molecular complexity index is 1370. The maximum atomic E-state index is 12.0. The second-order valence-electron chi connectivity index (χ2n) is 8.39. The van der Waals surface area contributed by atoms with Crippen molar-refractivity contribution in [1.29, 1.82) is 0 Å². The average Bonchev–Trinajstić information content (AvgIpc) is 3.38. The first-order chi connectivity index (χ1) is 16.5. The second kappa shape index (κ2) is 9.44. The number of carbonyl (C=O) groups excluding carboxylic acids is 2. The van der Waals surface area contributed by atoms with E-state index in [-0.39, 0.29) is 11.1 Å². The molecule has 2 amide bonds. The topological polar surface area (TPSA) is 92.4 Å². The molecule has 2 heterocycles. The highest BCUT2D eigenvalue weighted by Gasteiger charge is 2.32. The number of aliphatic hydroxyl groups excluding tert-OH is 1. The number of aromatic nitrogens is 1. The molecule has 6 nitrogen and oxygen atoms in total. The molecule has 0 radical (unpaired) electrons. The molecule has 1 saturated heterocycles. The Morgan fingerprint density at radius 2 is 1.76 bits per heavy atom. The lowest BCUT2D eigenvalue weighted by atomic mass is 9.92. The highest BCUT2D eigenvalue weighted by molar-refractivity contribution is 8.15. The van der Waals surface area contributed by atoms with Gasteiger partial charge >= 0.3 is 0 Å². The molecular weight excluding hydrogens is 448 g/mol. The first-order valence-corrected chi connectivity index (χ1v) is 12.1. The monoisotopic (exact) mass is 472 g/mol. The Morgan fingerprint density at radius 3 is 2.50 bits per heavy atom. The Morgan fingerprint density at radius 1 is 1.03 bits per heavy atom. The maximum absolute atomic E-state index is 12.0. The molecule has 5 rings (SSSR count). The summed E-state index contributed by atoms with van der Waals surface area (Å²) in [7, 11) is 0. The number of carbonyl (C=O) groups is 2. The fourth-order valence-electron chi connectivity index (χ4n) is 4.37. The van der Waals surface area contributed by atoms with E-state index in [4.69, 9.17) is 4.42 Å². The minimum Gasteiger partial charge on any atom is -0.441 e. The third-order valence-electron chi connectivity index (χ3n) is 6.15. The quantitative estimate of drug-likeness (QED) is 0.376. The summed E-state index contributed by atoms with van der Waals surface area (Å²) in [5.41, 5.74) is 3.58. The van der Waals surface area contributed by atoms with Gasteiger partial charge in [-0.15, -0.1) is 0 Å². The van der Waals surface area contributed by atoms with Gasteiger partial charge in [-0.2, -0.15) is 0 Å². The summed E-state index contributed by atoms with van der Waals surface area (Å²) in [6, 6.07) is 21.5. The number of benzene rings is 3. The highest BCUT2D eigenvalue weighted by Crippen LogP contribution is 2.33. The highest BCUT2D eigenvalue weighted by atomic mass is 32.2. The lowest BCUT2D eigenvalue weighted by Gasteiger charge is -2.16. The first kappa shape index (κ1) is 22.4. The van der Waals surface area contributed by atoms with E-state index in [1.807, 2.05) is 73.7 Å². The molecule has 1 aliphatic rings. The largest absolute Gasteiger partial charge is 0.441 e. The molecule has 0 saturated carbocycles. The normalized spacial score (nSPS) is 16.7. The smallest absolute Gasteiger partial charge is 0.286 e. The number of fused-ring (bicyclic) bond motifs is 1. The van der Waals surface area contributed by atoms with Crippen LogP contribution in [0.1, 0.15) is 35.1 Å². The maximum Gasteiger partial charge on any atom is 0.286 e. The first-order valence-electron chi connectivity index (χ1n) is 11.2. The van der Waals surface area contributed by atoms with E-state index >= 15 is 0 Å². The van der Waals surface area contributed by atoms with Crippen LogP contribution < -0.4 is 5.32 Å². The predicted molar refractivity (Wildman–Crippen MR) is 133 cm³/mol. The summed E-state index contributed by atoms with van der Waals surface area (Å²) in [5, 5.41) is 14.6. The summed E-state index contributed by atoms with van der Waals surface area (Å²) in [4.78, 5) is 28.2. The molecule has 172 valence electrons. The summed E-state index contributed by atoms with van der Waals surface area (Å²) in [5.74, 6) is 1.10. The van der Waals surface area contributed by atoms with Crippen molar-refractivity contribution in [2.24, 2.45) is 0 Å². The van der Waals surface area contributed by atoms with Gasteiger partial charge in [0.05, 0.1) is 17.0 Å². The molecule has 7 heteroatoms. The summed E-state index contributed by atoms with van der Waals surface area (Å²) >= 11 is 1.03. The van der Waals surface area contributed by atoms with E-state index in [0.29, 0.717) is 25.2 Å². The minimum absolute atomic E-state index is 0.249. The van der Waals surface area contributed by atoms with Crippen LogP contribution in [0.4, 0.5) is 4.79 Å². The van der Waals surface area contributed by atoms with E-state index in [0.717, 1.165) is 50.7 Å². The Labute approximate surface area is 201 Å². The van der Waals surface area contributed by atoms with E-state index in [9.17, 15) is 14.7 Å². The third-order valence-corrected chi connectivity index (χ3v) is 7.13. The molecule has 3 aromatic carbocycles. The third kappa shape index (κ3) is 4.49. The summed E-state index contributed by atoms with van der Waals surface area (Å²) < 4.78 is 5.85. The van der Waals surface area contributed by atoms with Gasteiger partial charge in [0.2, 0.25) is 11.8 Å². The number of hydrogen-bond donors (Lipinski definition) is 2. The zero-order valence-electron chi connectivity index (χ0n) is 18.7. The molecule has 4 aromatic rings. The van der Waals surface area contributed by atoms with Gasteiger partial charge in [-0.1, -0.05) is 66.4 Å². The van der Waals surface area contributed by atoms with Gasteiger partial charge in [0.1, 0.15) is 5.76 Å². The number of nitrogens with zero attached hydrogens (tertiary/aromatic N) is 1. The van der Waals surface area contributed by atoms with Crippen LogP contribution in [0.3, 0.4) is 0 Å². The number of amides is 2. The standard InChI is InChI=1S/C27H24N2O4S/c1-16-22(28-26(33-16)17-7-3-2-4-8-17)13-14-23(30)21-12-11-18(19-9-5-6-10-20(19)21)15-24-25(31)29-27(32)34-24/h2-12,23-24,30H,13-15H2,1H3,(H,29,31,32). The van der Waals surface area contributed by atoms with Gasteiger partial charge in [0.25, 0.3) is 5.24 Å². The molecule has 2 unspecified atom stereocenters. The van der Waals surface area contributed by atoms with Crippen molar-refractivity contribution < 1.29 is 19.1 Å². The van der Waals surface area contributed by atoms with Crippen LogP contribution in [0.15, 0.2) is 71.1 Å². The van der Waals surface area contributed by atoms with Crippen molar-refractivity contribution in [2.75, 3.05) is 0 Å². The number of imide groups is 1. The van der Waals surface area contributed by atoms with Crippen LogP contribution in [-0.2, 0) is 17.6 Å². The zero-order valence-corrected chi connectivity index (χ0v) is 19.5. The molecule has 0 aliphatic carbocycles. The van der Waals surface area contributed by atoms with Gasteiger partial charge in [0.15, 0.2) is 0 Å². The number of hydrogen-bond acceptors (Lipinski definition) is 6. The molecule has 0 bridgehead atoms. The lowest BCUT2D eigenvalue weighted by Crippen LogP contribution is -2.25. The van der Waals surface area contributed by atoms with Gasteiger partial charge in [-0.25, -0.2) is 4.98 Å². The van der Waals surface area contributed by atoms with Crippen LogP contribution in [0.25, 0.3) is 22.2 Å². The summed E-state index contributed by atoms with van der Waals surface area (Å²) in [6.45, 7) is 1.90. The lowest BCUT2D eigenvalue weighted by molar-refractivity contribution is -0.118. The van der Waals surface area contributed by atoms with Crippen LogP contribution in [0.2, 0.25) is 0 Å². The van der Waals surface area contributed by atoms with Crippen LogP contribution in [0.5, 0.6) is 0 Å². The van der Waals surface area contributed by atoms with Crippen molar-refractivity contribution in [3.63, 3.8) is 0 Å². The fraction of sp³-hybridized carbons (Fsp3) is 0.222. The van der Waals surface area contributed by atoms with Gasteiger partial charge in [0, 0.05) is 5.56 Å². The molecule has 0 spiro atoms. The molecule has 1 aromatic heterocycles. The predicted octanol–water partition coefficient (Wildman–Crippen LogP) is 5.36. The molecule has 2 N–H and O–H groups in total. The Kier molecular flexibility index (Phi) is 6.22. The van der Waals surface area contributed by atoms with Crippen LogP contribution >= 0.6 is 11.8 Å². The minimum atomic E-state index is -0.680. The molecular formula is C27H24N2O4S. The second-order valence-corrected chi connectivity index (χ2v) is 9.56. The van der Waals surface area contributed by atoms with Crippen molar-refractivity contribution >= 4 is 33.7 Å². The van der Waals surface area contributed by atoms with Crippen LogP contribution in [0, 0.1) is 6.92 Å². The van der Waals surface area contributed by atoms with E-state index < -0.39 is 11.4 Å². The van der Waals surface area contributed by atoms with Crippen molar-refractivity contribution in [3.8, 4) is 11.5 Å². The summed E-state index contributed by atoms with van der Waals surface area (Å²) in [6.07, 6.45) is 0.862. The molecule has 1 fully saturated rings. The number of aliphatic hydroxyl groups is 1. The number of oxazole rings is 1. The fourth-order valence-corrected chi connectivity index (χ4v) is 5.22. The Hall–Kier alpha value is -3.42. The van der Waals surface area contributed by atoms with Gasteiger partial charge in [-0.05, 0) is 60.2 Å². The SMILES string of the molecule is Cc1oc(-c2ccccc2)nc1CCC(O)c1ccc(CC2SC(=O)NC2=O)c2ccccc12. The number of nitrogens with one attached hydrogen (secondary N) is 1. The van der Waals surface area contributed by atoms with E-state index in [1.165, 1.54) is 0 Å². The molecule has 2 atom stereocenters. The van der Waals surface area contributed by atoms with E-state index in [2.05, 4.69) is 10.3 Å².